The first kappa shape index (κ1) is 30.4. The lowest BCUT2D eigenvalue weighted by Crippen LogP contribution is -2.50. The molecule has 0 saturated carbocycles. The Kier molecular flexibility index (Phi) is 10.3. The van der Waals surface area contributed by atoms with Gasteiger partial charge in [-0.2, -0.15) is 0 Å². The van der Waals surface area contributed by atoms with E-state index in [2.05, 4.69) is 15.6 Å². The number of aromatic nitrogens is 1. The molecule has 2 aromatic rings. The molecule has 2 aliphatic heterocycles. The second-order valence-corrected chi connectivity index (χ2v) is 10.9. The van der Waals surface area contributed by atoms with Crippen molar-refractivity contribution in [3.05, 3.63) is 65.7 Å². The standard InChI is InChI=1S/C30H37FN4O6/c1-20(33-27(37)18-35-10-12-40-13-11-35)26(36)16-22(15-24-9-8-23(31)17-32-24)29(39)34-25(28(38)30(2)19-41-30)14-21-6-4-3-5-7-21/h3-9,17,20,22,25H,10-16,18-19H2,1-2H3,(H,33,37)(H,34,39). The fourth-order valence-corrected chi connectivity index (χ4v) is 4.75. The number of ether oxygens (including phenoxy) is 2. The predicted molar refractivity (Wildman–Crippen MR) is 147 cm³/mol. The van der Waals surface area contributed by atoms with E-state index in [4.69, 9.17) is 9.47 Å². The van der Waals surface area contributed by atoms with Gasteiger partial charge in [0, 0.05) is 31.6 Å². The summed E-state index contributed by atoms with van der Waals surface area (Å²) in [5.74, 6) is -2.81. The highest BCUT2D eigenvalue weighted by atomic mass is 19.1. The quantitative estimate of drug-likeness (QED) is 0.326. The molecule has 1 aromatic heterocycles. The maximum Gasteiger partial charge on any atom is 0.234 e. The van der Waals surface area contributed by atoms with Gasteiger partial charge in [-0.3, -0.25) is 29.1 Å². The Labute approximate surface area is 239 Å². The number of hydrogen-bond donors (Lipinski definition) is 2. The Morgan fingerprint density at radius 2 is 1.76 bits per heavy atom. The van der Waals surface area contributed by atoms with E-state index in [0.717, 1.165) is 11.8 Å². The molecule has 2 N–H and O–H groups in total. The first-order chi connectivity index (χ1) is 19.6. The maximum atomic E-state index is 13.6. The van der Waals surface area contributed by atoms with Crippen LogP contribution in [0.4, 0.5) is 4.39 Å². The number of Topliss-reactive ketones (excluding diaryl/α,β-unsaturated/α-hetero) is 2. The third-order valence-electron chi connectivity index (χ3n) is 7.41. The third-order valence-corrected chi connectivity index (χ3v) is 7.41. The van der Waals surface area contributed by atoms with Gasteiger partial charge < -0.3 is 20.1 Å². The molecule has 41 heavy (non-hydrogen) atoms. The molecule has 0 spiro atoms. The van der Waals surface area contributed by atoms with Crippen LogP contribution in [0.1, 0.15) is 31.5 Å². The summed E-state index contributed by atoms with van der Waals surface area (Å²) in [4.78, 5) is 58.7. The zero-order valence-corrected chi connectivity index (χ0v) is 23.4. The number of rotatable bonds is 14. The predicted octanol–water partition coefficient (Wildman–Crippen LogP) is 1.26. The highest BCUT2D eigenvalue weighted by molar-refractivity contribution is 5.98. The van der Waals surface area contributed by atoms with Crippen molar-refractivity contribution in [2.45, 2.75) is 50.8 Å². The van der Waals surface area contributed by atoms with E-state index in [-0.39, 0.29) is 49.9 Å². The zero-order valence-electron chi connectivity index (χ0n) is 23.4. The first-order valence-corrected chi connectivity index (χ1v) is 13.9. The van der Waals surface area contributed by atoms with Gasteiger partial charge in [-0.25, -0.2) is 4.39 Å². The van der Waals surface area contributed by atoms with Gasteiger partial charge in [0.05, 0.1) is 50.6 Å². The molecular weight excluding hydrogens is 531 g/mol. The molecule has 2 saturated heterocycles. The average molecular weight is 569 g/mol. The van der Waals surface area contributed by atoms with E-state index in [1.165, 1.54) is 12.1 Å². The summed E-state index contributed by atoms with van der Waals surface area (Å²) in [6, 6.07) is 10.3. The number of ketones is 2. The van der Waals surface area contributed by atoms with Crippen molar-refractivity contribution in [3.63, 3.8) is 0 Å². The number of nitrogens with one attached hydrogen (secondary N) is 2. The molecule has 1 aromatic carbocycles. The number of amides is 2. The smallest absolute Gasteiger partial charge is 0.234 e. The molecule has 3 heterocycles. The molecule has 11 heteroatoms. The van der Waals surface area contributed by atoms with Crippen LogP contribution in [0.15, 0.2) is 48.7 Å². The lowest BCUT2D eigenvalue weighted by Gasteiger charge is -2.26. The van der Waals surface area contributed by atoms with Crippen LogP contribution in [-0.4, -0.2) is 90.4 Å². The topological polar surface area (TPSA) is 130 Å². The molecule has 220 valence electrons. The lowest BCUT2D eigenvalue weighted by atomic mass is 9.91. The SMILES string of the molecule is CC(NC(=O)CN1CCOCC1)C(=O)CC(Cc1ccc(F)cn1)C(=O)NC(Cc1ccccc1)C(=O)C1(C)CO1. The van der Waals surface area contributed by atoms with Crippen molar-refractivity contribution in [1.82, 2.24) is 20.5 Å². The number of benzene rings is 1. The van der Waals surface area contributed by atoms with Crippen LogP contribution in [0.3, 0.4) is 0 Å². The van der Waals surface area contributed by atoms with Crippen LogP contribution in [0.25, 0.3) is 0 Å². The van der Waals surface area contributed by atoms with Crippen molar-refractivity contribution < 1.29 is 33.0 Å². The summed E-state index contributed by atoms with van der Waals surface area (Å²) < 4.78 is 24.1. The second-order valence-electron chi connectivity index (χ2n) is 10.9. The molecule has 2 aliphatic rings. The fourth-order valence-electron chi connectivity index (χ4n) is 4.75. The van der Waals surface area contributed by atoms with E-state index in [1.807, 2.05) is 35.2 Å². The minimum Gasteiger partial charge on any atom is -0.379 e. The van der Waals surface area contributed by atoms with Gasteiger partial charge in [-0.15, -0.1) is 0 Å². The van der Waals surface area contributed by atoms with Gasteiger partial charge in [0.1, 0.15) is 11.4 Å². The largest absolute Gasteiger partial charge is 0.379 e. The van der Waals surface area contributed by atoms with Gasteiger partial charge in [0.25, 0.3) is 0 Å². The summed E-state index contributed by atoms with van der Waals surface area (Å²) in [6.07, 6.45) is 1.15. The summed E-state index contributed by atoms with van der Waals surface area (Å²) in [5, 5.41) is 5.58. The number of epoxide rings is 1. The molecule has 2 fully saturated rings. The molecule has 4 rings (SSSR count). The van der Waals surface area contributed by atoms with Crippen LogP contribution in [0.2, 0.25) is 0 Å². The van der Waals surface area contributed by atoms with Crippen LogP contribution in [0.5, 0.6) is 0 Å². The van der Waals surface area contributed by atoms with Crippen LogP contribution in [0, 0.1) is 11.7 Å². The van der Waals surface area contributed by atoms with Crippen molar-refractivity contribution in [3.8, 4) is 0 Å². The Bertz CT molecular complexity index is 1220. The number of hydrogen-bond acceptors (Lipinski definition) is 8. The number of morpholine rings is 1. The molecule has 4 unspecified atom stereocenters. The lowest BCUT2D eigenvalue weighted by molar-refractivity contribution is -0.134. The Morgan fingerprint density at radius 3 is 2.39 bits per heavy atom. The van der Waals surface area contributed by atoms with Crippen LogP contribution in [-0.2, 0) is 41.5 Å². The Hall–Kier alpha value is -3.54. The minimum atomic E-state index is -0.962. The van der Waals surface area contributed by atoms with Crippen molar-refractivity contribution in [1.29, 1.82) is 0 Å². The number of nitrogens with zero attached hydrogens (tertiary/aromatic N) is 2. The Balaban J connectivity index is 1.45. The van der Waals surface area contributed by atoms with Crippen LogP contribution >= 0.6 is 0 Å². The van der Waals surface area contributed by atoms with E-state index in [1.54, 1.807) is 13.8 Å². The van der Waals surface area contributed by atoms with E-state index in [9.17, 15) is 23.6 Å². The number of pyridine rings is 1. The fraction of sp³-hybridized carbons (Fsp3) is 0.500. The summed E-state index contributed by atoms with van der Waals surface area (Å²) in [5.41, 5.74) is 0.321. The molecule has 0 radical (unpaired) electrons. The maximum absolute atomic E-state index is 13.6. The molecular formula is C30H37FN4O6. The molecule has 4 atom stereocenters. The van der Waals surface area contributed by atoms with Gasteiger partial charge in [-0.05, 0) is 38.0 Å². The van der Waals surface area contributed by atoms with E-state index < -0.39 is 35.3 Å². The van der Waals surface area contributed by atoms with Gasteiger partial charge in [0.15, 0.2) is 11.6 Å². The monoisotopic (exact) mass is 568 g/mol. The van der Waals surface area contributed by atoms with E-state index >= 15 is 0 Å². The van der Waals surface area contributed by atoms with E-state index in [0.29, 0.717) is 32.0 Å². The van der Waals surface area contributed by atoms with Crippen molar-refractivity contribution in [2.75, 3.05) is 39.5 Å². The number of carbonyl (C=O) groups is 4. The zero-order chi connectivity index (χ0) is 29.4. The minimum absolute atomic E-state index is 0.0479. The van der Waals surface area contributed by atoms with Crippen LogP contribution < -0.4 is 10.6 Å². The molecule has 0 aliphatic carbocycles. The normalized spacial score (nSPS) is 20.9. The Morgan fingerprint density at radius 1 is 1.05 bits per heavy atom. The summed E-state index contributed by atoms with van der Waals surface area (Å²) >= 11 is 0. The second kappa shape index (κ2) is 13.9. The average Bonchev–Trinajstić information content (AvgIpc) is 3.72. The molecule has 0 bridgehead atoms. The highest BCUT2D eigenvalue weighted by Crippen LogP contribution is 2.29. The van der Waals surface area contributed by atoms with Gasteiger partial charge in [-0.1, -0.05) is 30.3 Å². The number of halogens is 1. The summed E-state index contributed by atoms with van der Waals surface area (Å²) in [6.45, 7) is 6.06. The molecule has 2 amide bonds. The summed E-state index contributed by atoms with van der Waals surface area (Å²) in [7, 11) is 0. The van der Waals surface area contributed by atoms with Gasteiger partial charge >= 0.3 is 0 Å². The van der Waals surface area contributed by atoms with Crippen molar-refractivity contribution >= 4 is 23.4 Å². The van der Waals surface area contributed by atoms with Gasteiger partial charge in [0.2, 0.25) is 11.8 Å². The third kappa shape index (κ3) is 8.97. The van der Waals surface area contributed by atoms with Crippen molar-refractivity contribution in [2.24, 2.45) is 5.92 Å². The highest BCUT2D eigenvalue weighted by Gasteiger charge is 2.50. The molecule has 10 nitrogen and oxygen atoms in total. The number of carbonyl (C=O) groups excluding carboxylic acids is 4. The first-order valence-electron chi connectivity index (χ1n) is 13.9.